The third-order valence-electron chi connectivity index (χ3n) is 4.19. The average molecular weight is 356 g/mol. The zero-order chi connectivity index (χ0) is 18.0. The molecule has 0 saturated carbocycles. The summed E-state index contributed by atoms with van der Waals surface area (Å²) in [5, 5.41) is 0.491. The van der Waals surface area contributed by atoms with E-state index in [1.807, 2.05) is 37.3 Å². The van der Waals surface area contributed by atoms with E-state index >= 15 is 0 Å². The number of benzene rings is 1. The molecule has 130 valence electrons. The molecule has 2 unspecified atom stereocenters. The lowest BCUT2D eigenvalue weighted by Gasteiger charge is -2.33. The monoisotopic (exact) mass is 356 g/mol. The SMILES string of the molecule is C=CCOC(=O)C1=C(C)N=C2SC(CC)C(=O)N2C1c1ccccc1. The molecule has 2 heterocycles. The predicted molar refractivity (Wildman–Crippen MR) is 99.0 cm³/mol. The molecule has 0 aromatic heterocycles. The zero-order valence-electron chi connectivity index (χ0n) is 14.3. The molecule has 2 aliphatic rings. The molecular formula is C19H20N2O3S. The fourth-order valence-corrected chi connectivity index (χ4v) is 4.15. The molecule has 0 N–H and O–H groups in total. The van der Waals surface area contributed by atoms with Crippen molar-refractivity contribution in [3.63, 3.8) is 0 Å². The van der Waals surface area contributed by atoms with Gasteiger partial charge in [0.1, 0.15) is 6.61 Å². The molecule has 2 atom stereocenters. The number of hydrogen-bond donors (Lipinski definition) is 0. The van der Waals surface area contributed by atoms with Crippen molar-refractivity contribution >= 4 is 28.8 Å². The number of fused-ring (bicyclic) bond motifs is 1. The van der Waals surface area contributed by atoms with Crippen LogP contribution in [0.25, 0.3) is 0 Å². The fourth-order valence-electron chi connectivity index (χ4n) is 3.01. The van der Waals surface area contributed by atoms with Gasteiger partial charge in [0.15, 0.2) is 5.17 Å². The summed E-state index contributed by atoms with van der Waals surface area (Å²) in [6, 6.07) is 9.02. The Morgan fingerprint density at radius 2 is 2.12 bits per heavy atom. The second-order valence-electron chi connectivity index (χ2n) is 5.82. The van der Waals surface area contributed by atoms with Gasteiger partial charge in [0.05, 0.1) is 22.6 Å². The number of thioether (sulfide) groups is 1. The van der Waals surface area contributed by atoms with E-state index in [9.17, 15) is 9.59 Å². The number of hydrogen-bond acceptors (Lipinski definition) is 5. The van der Waals surface area contributed by atoms with Gasteiger partial charge in [-0.15, -0.1) is 0 Å². The van der Waals surface area contributed by atoms with E-state index in [-0.39, 0.29) is 17.8 Å². The van der Waals surface area contributed by atoms with E-state index in [4.69, 9.17) is 4.74 Å². The maximum absolute atomic E-state index is 12.9. The van der Waals surface area contributed by atoms with E-state index in [1.54, 1.807) is 11.8 Å². The Balaban J connectivity index is 2.09. The zero-order valence-corrected chi connectivity index (χ0v) is 15.1. The molecule has 0 aliphatic carbocycles. The van der Waals surface area contributed by atoms with Gasteiger partial charge in [-0.05, 0) is 18.9 Å². The number of nitrogens with zero attached hydrogens (tertiary/aromatic N) is 2. The Hall–Kier alpha value is -2.34. The Bertz CT molecular complexity index is 770. The van der Waals surface area contributed by atoms with Crippen LogP contribution in [0.3, 0.4) is 0 Å². The molecule has 1 aromatic carbocycles. The molecule has 1 aromatic rings. The van der Waals surface area contributed by atoms with Crippen LogP contribution in [0, 0.1) is 0 Å². The molecule has 25 heavy (non-hydrogen) atoms. The lowest BCUT2D eigenvalue weighted by Crippen LogP contribution is -2.40. The normalized spacial score (nSPS) is 22.6. The maximum atomic E-state index is 12.9. The van der Waals surface area contributed by atoms with Gasteiger partial charge in [-0.2, -0.15) is 0 Å². The lowest BCUT2D eigenvalue weighted by atomic mass is 9.94. The topological polar surface area (TPSA) is 59.0 Å². The highest BCUT2D eigenvalue weighted by atomic mass is 32.2. The number of carbonyl (C=O) groups is 2. The highest BCUT2D eigenvalue weighted by molar-refractivity contribution is 8.15. The molecule has 1 amide bonds. The van der Waals surface area contributed by atoms with Crippen molar-refractivity contribution in [1.29, 1.82) is 0 Å². The van der Waals surface area contributed by atoms with E-state index < -0.39 is 12.0 Å². The van der Waals surface area contributed by atoms with Crippen molar-refractivity contribution in [2.45, 2.75) is 31.6 Å². The quantitative estimate of drug-likeness (QED) is 0.599. The van der Waals surface area contributed by atoms with Crippen LogP contribution in [-0.4, -0.2) is 33.8 Å². The first-order valence-corrected chi connectivity index (χ1v) is 9.08. The summed E-state index contributed by atoms with van der Waals surface area (Å²) < 4.78 is 5.26. The molecule has 0 bridgehead atoms. The molecule has 1 fully saturated rings. The third-order valence-corrected chi connectivity index (χ3v) is 5.51. The van der Waals surface area contributed by atoms with Crippen molar-refractivity contribution in [1.82, 2.24) is 4.90 Å². The van der Waals surface area contributed by atoms with Gasteiger partial charge in [-0.3, -0.25) is 9.69 Å². The first kappa shape index (κ1) is 17.5. The Morgan fingerprint density at radius 1 is 1.40 bits per heavy atom. The van der Waals surface area contributed by atoms with Gasteiger partial charge < -0.3 is 4.74 Å². The number of aliphatic imine (C=N–C) groups is 1. The maximum Gasteiger partial charge on any atom is 0.338 e. The van der Waals surface area contributed by atoms with Crippen LogP contribution in [0.5, 0.6) is 0 Å². The van der Waals surface area contributed by atoms with Crippen LogP contribution >= 0.6 is 11.8 Å². The van der Waals surface area contributed by atoms with Crippen molar-refractivity contribution in [3.8, 4) is 0 Å². The van der Waals surface area contributed by atoms with E-state index in [2.05, 4.69) is 11.6 Å². The Morgan fingerprint density at radius 3 is 2.76 bits per heavy atom. The second kappa shape index (κ2) is 7.27. The van der Waals surface area contributed by atoms with Crippen LogP contribution in [0.15, 0.2) is 59.2 Å². The minimum absolute atomic E-state index is 0.0124. The molecule has 3 rings (SSSR count). The lowest BCUT2D eigenvalue weighted by molar-refractivity contribution is -0.139. The Kier molecular flexibility index (Phi) is 5.08. The second-order valence-corrected chi connectivity index (χ2v) is 6.99. The molecule has 0 spiro atoms. The number of carbonyl (C=O) groups excluding carboxylic acids is 2. The van der Waals surface area contributed by atoms with Crippen LogP contribution in [0.2, 0.25) is 0 Å². The minimum Gasteiger partial charge on any atom is -0.458 e. The van der Waals surface area contributed by atoms with Gasteiger partial charge in [0.25, 0.3) is 0 Å². The van der Waals surface area contributed by atoms with E-state index in [0.717, 1.165) is 12.0 Å². The number of esters is 1. The average Bonchev–Trinajstić information content (AvgIpc) is 2.94. The third kappa shape index (κ3) is 3.14. The molecular weight excluding hydrogens is 336 g/mol. The number of amides is 1. The summed E-state index contributed by atoms with van der Waals surface area (Å²) in [5.41, 5.74) is 1.86. The van der Waals surface area contributed by atoms with Gasteiger partial charge in [-0.1, -0.05) is 61.7 Å². The van der Waals surface area contributed by atoms with Crippen LogP contribution < -0.4 is 0 Å². The first-order valence-electron chi connectivity index (χ1n) is 8.20. The first-order chi connectivity index (χ1) is 12.1. The molecule has 5 nitrogen and oxygen atoms in total. The Labute approximate surface area is 151 Å². The predicted octanol–water partition coefficient (Wildman–Crippen LogP) is 3.45. The van der Waals surface area contributed by atoms with Crippen LogP contribution in [-0.2, 0) is 14.3 Å². The van der Waals surface area contributed by atoms with Crippen LogP contribution in [0.1, 0.15) is 31.9 Å². The molecule has 6 heteroatoms. The van der Waals surface area contributed by atoms with Crippen LogP contribution in [0.4, 0.5) is 0 Å². The van der Waals surface area contributed by atoms with Crippen molar-refractivity contribution < 1.29 is 14.3 Å². The summed E-state index contributed by atoms with van der Waals surface area (Å²) in [5.74, 6) is -0.478. The number of amidine groups is 1. The van der Waals surface area contributed by atoms with Crippen molar-refractivity contribution in [2.75, 3.05) is 6.61 Å². The smallest absolute Gasteiger partial charge is 0.338 e. The van der Waals surface area contributed by atoms with Gasteiger partial charge in [-0.25, -0.2) is 9.79 Å². The van der Waals surface area contributed by atoms with E-state index in [1.165, 1.54) is 17.8 Å². The summed E-state index contributed by atoms with van der Waals surface area (Å²) in [6.07, 6.45) is 2.24. The summed E-state index contributed by atoms with van der Waals surface area (Å²) in [4.78, 5) is 31.7. The van der Waals surface area contributed by atoms with Gasteiger partial charge in [0, 0.05) is 0 Å². The van der Waals surface area contributed by atoms with Crippen molar-refractivity contribution in [2.24, 2.45) is 4.99 Å². The molecule has 0 radical (unpaired) electrons. The number of ether oxygens (including phenoxy) is 1. The molecule has 2 aliphatic heterocycles. The number of rotatable bonds is 5. The number of allylic oxidation sites excluding steroid dienone is 1. The highest BCUT2D eigenvalue weighted by Crippen LogP contribution is 2.43. The van der Waals surface area contributed by atoms with Gasteiger partial charge >= 0.3 is 5.97 Å². The summed E-state index contributed by atoms with van der Waals surface area (Å²) >= 11 is 1.46. The fraction of sp³-hybridized carbons (Fsp3) is 0.316. The van der Waals surface area contributed by atoms with E-state index in [0.29, 0.717) is 16.4 Å². The standard InChI is InChI=1S/C19H20N2O3S/c1-4-11-24-18(23)15-12(3)20-19-21(17(22)14(5-2)25-19)16(15)13-9-7-6-8-10-13/h4,6-10,14,16H,1,5,11H2,2-3H3. The highest BCUT2D eigenvalue weighted by Gasteiger charge is 2.47. The summed E-state index contributed by atoms with van der Waals surface area (Å²) in [7, 11) is 0. The largest absolute Gasteiger partial charge is 0.458 e. The van der Waals surface area contributed by atoms with Gasteiger partial charge in [0.2, 0.25) is 5.91 Å². The van der Waals surface area contributed by atoms with Crippen molar-refractivity contribution in [3.05, 3.63) is 59.8 Å². The minimum atomic E-state index is -0.512. The summed E-state index contributed by atoms with van der Waals surface area (Å²) in [6.45, 7) is 7.46. The molecule has 1 saturated heterocycles.